The van der Waals surface area contributed by atoms with E-state index in [1.807, 2.05) is 17.8 Å². The SMILES string of the molecule is CCC(C)CSCc1ccc(OC)c(B(O)O)c1. The molecule has 1 aromatic carbocycles. The molecule has 0 radical (unpaired) electrons. The van der Waals surface area contributed by atoms with E-state index in [0.29, 0.717) is 11.2 Å². The smallest absolute Gasteiger partial charge is 0.492 e. The molecule has 0 aliphatic rings. The molecule has 0 saturated carbocycles. The Labute approximate surface area is 114 Å². The summed E-state index contributed by atoms with van der Waals surface area (Å²) in [5.41, 5.74) is 1.52. The minimum absolute atomic E-state index is 0.430. The molecule has 1 atom stereocenters. The Morgan fingerprint density at radius 1 is 1.39 bits per heavy atom. The quantitative estimate of drug-likeness (QED) is 0.738. The molecule has 0 fully saturated rings. The number of hydrogen-bond acceptors (Lipinski definition) is 4. The van der Waals surface area contributed by atoms with Crippen molar-refractivity contribution in [2.45, 2.75) is 26.0 Å². The highest BCUT2D eigenvalue weighted by molar-refractivity contribution is 7.98. The molecule has 100 valence electrons. The van der Waals surface area contributed by atoms with Crippen molar-refractivity contribution >= 4 is 24.3 Å². The first-order valence-electron chi connectivity index (χ1n) is 6.19. The Hall–Kier alpha value is -0.645. The number of hydrogen-bond donors (Lipinski definition) is 2. The average molecular weight is 268 g/mol. The van der Waals surface area contributed by atoms with E-state index in [-0.39, 0.29) is 0 Å². The van der Waals surface area contributed by atoms with Crippen LogP contribution in [0.4, 0.5) is 0 Å². The molecule has 2 N–H and O–H groups in total. The molecule has 1 rings (SSSR count). The van der Waals surface area contributed by atoms with Crippen molar-refractivity contribution in [1.29, 1.82) is 0 Å². The van der Waals surface area contributed by atoms with Gasteiger partial charge in [0.1, 0.15) is 5.75 Å². The topological polar surface area (TPSA) is 49.7 Å². The number of methoxy groups -OCH3 is 1. The third-order valence-corrected chi connectivity index (χ3v) is 4.28. The summed E-state index contributed by atoms with van der Waals surface area (Å²) in [7, 11) is 0.0397. The van der Waals surface area contributed by atoms with Crippen LogP contribution in [0, 0.1) is 5.92 Å². The molecule has 1 unspecified atom stereocenters. The third-order valence-electron chi connectivity index (χ3n) is 2.94. The first-order chi connectivity index (χ1) is 8.58. The number of thioether (sulfide) groups is 1. The predicted molar refractivity (Wildman–Crippen MR) is 78.4 cm³/mol. The lowest BCUT2D eigenvalue weighted by Crippen LogP contribution is -2.31. The van der Waals surface area contributed by atoms with Crippen LogP contribution >= 0.6 is 11.8 Å². The van der Waals surface area contributed by atoms with Crippen molar-refractivity contribution in [3.8, 4) is 5.75 Å². The molecule has 0 saturated heterocycles. The Morgan fingerprint density at radius 2 is 2.11 bits per heavy atom. The van der Waals surface area contributed by atoms with Crippen LogP contribution in [0.2, 0.25) is 0 Å². The maximum atomic E-state index is 9.28. The van der Waals surface area contributed by atoms with Gasteiger partial charge >= 0.3 is 7.12 Å². The van der Waals surface area contributed by atoms with Gasteiger partial charge in [-0.15, -0.1) is 0 Å². The number of ether oxygens (including phenoxy) is 1. The van der Waals surface area contributed by atoms with E-state index in [4.69, 9.17) is 4.74 Å². The Kier molecular flexibility index (Phi) is 6.61. The predicted octanol–water partition coefficient (Wildman–Crippen LogP) is 1.65. The van der Waals surface area contributed by atoms with Crippen LogP contribution < -0.4 is 10.2 Å². The minimum atomic E-state index is -1.49. The lowest BCUT2D eigenvalue weighted by atomic mass is 9.79. The summed E-state index contributed by atoms with van der Waals surface area (Å²) in [6, 6.07) is 5.55. The van der Waals surface area contributed by atoms with Crippen LogP contribution in [0.1, 0.15) is 25.8 Å². The molecule has 18 heavy (non-hydrogen) atoms. The molecule has 0 spiro atoms. The van der Waals surface area contributed by atoms with Crippen LogP contribution in [0.3, 0.4) is 0 Å². The molecular weight excluding hydrogens is 247 g/mol. The molecule has 0 aromatic heterocycles. The maximum absolute atomic E-state index is 9.28. The fourth-order valence-corrected chi connectivity index (χ4v) is 2.74. The summed E-state index contributed by atoms with van der Waals surface area (Å²) in [5.74, 6) is 3.24. The molecular formula is C13H21BO3S. The van der Waals surface area contributed by atoms with Crippen molar-refractivity contribution in [3.05, 3.63) is 23.8 Å². The van der Waals surface area contributed by atoms with Crippen LogP contribution in [-0.2, 0) is 5.75 Å². The molecule has 0 heterocycles. The second kappa shape index (κ2) is 7.72. The lowest BCUT2D eigenvalue weighted by molar-refractivity contribution is 0.403. The van der Waals surface area contributed by atoms with E-state index in [9.17, 15) is 10.0 Å². The average Bonchev–Trinajstić information content (AvgIpc) is 2.38. The molecule has 3 nitrogen and oxygen atoms in total. The van der Waals surface area contributed by atoms with E-state index in [1.54, 1.807) is 12.1 Å². The third kappa shape index (κ3) is 4.56. The van der Waals surface area contributed by atoms with E-state index in [2.05, 4.69) is 13.8 Å². The Morgan fingerprint density at radius 3 is 2.67 bits per heavy atom. The van der Waals surface area contributed by atoms with Gasteiger partial charge in [0, 0.05) is 11.2 Å². The van der Waals surface area contributed by atoms with Gasteiger partial charge in [0.05, 0.1) is 7.11 Å². The van der Waals surface area contributed by atoms with Crippen molar-refractivity contribution in [2.75, 3.05) is 12.9 Å². The van der Waals surface area contributed by atoms with Gasteiger partial charge in [-0.05, 0) is 23.3 Å². The zero-order chi connectivity index (χ0) is 13.5. The molecule has 0 amide bonds. The Bertz CT molecular complexity index is 371. The number of rotatable bonds is 7. The fraction of sp³-hybridized carbons (Fsp3) is 0.538. The van der Waals surface area contributed by atoms with Crippen LogP contribution in [0.5, 0.6) is 5.75 Å². The number of benzene rings is 1. The van der Waals surface area contributed by atoms with Crippen LogP contribution in [-0.4, -0.2) is 30.0 Å². The van der Waals surface area contributed by atoms with Gasteiger partial charge in [-0.25, -0.2) is 0 Å². The van der Waals surface area contributed by atoms with Gasteiger partial charge in [-0.1, -0.05) is 32.4 Å². The maximum Gasteiger partial charge on any atom is 0.492 e. The molecule has 1 aromatic rings. The highest BCUT2D eigenvalue weighted by Gasteiger charge is 2.17. The van der Waals surface area contributed by atoms with Crippen LogP contribution in [0.15, 0.2) is 18.2 Å². The summed E-state index contributed by atoms with van der Waals surface area (Å²) >= 11 is 1.87. The van der Waals surface area contributed by atoms with Crippen molar-refractivity contribution < 1.29 is 14.8 Å². The molecule has 0 aliphatic carbocycles. The summed E-state index contributed by atoms with van der Waals surface area (Å²) < 4.78 is 5.09. The Balaban J connectivity index is 2.64. The van der Waals surface area contributed by atoms with E-state index >= 15 is 0 Å². The van der Waals surface area contributed by atoms with Gasteiger partial charge in [-0.2, -0.15) is 11.8 Å². The molecule has 5 heteroatoms. The summed E-state index contributed by atoms with van der Waals surface area (Å²) in [6.07, 6.45) is 1.19. The molecule has 0 aliphatic heterocycles. The second-order valence-electron chi connectivity index (χ2n) is 4.48. The lowest BCUT2D eigenvalue weighted by Gasteiger charge is -2.11. The zero-order valence-electron chi connectivity index (χ0n) is 11.2. The fourth-order valence-electron chi connectivity index (χ4n) is 1.57. The van der Waals surface area contributed by atoms with E-state index < -0.39 is 7.12 Å². The standard InChI is InChI=1S/C13H21BO3S/c1-4-10(2)8-18-9-11-5-6-13(17-3)12(7-11)14(15)16/h5-7,10,15-16H,4,8-9H2,1-3H3. The van der Waals surface area contributed by atoms with Gasteiger partial charge in [0.25, 0.3) is 0 Å². The highest BCUT2D eigenvalue weighted by Crippen LogP contribution is 2.18. The zero-order valence-corrected chi connectivity index (χ0v) is 12.0. The summed E-state index contributed by atoms with van der Waals surface area (Å²) in [6.45, 7) is 4.43. The first-order valence-corrected chi connectivity index (χ1v) is 7.34. The highest BCUT2D eigenvalue weighted by atomic mass is 32.2. The summed E-state index contributed by atoms with van der Waals surface area (Å²) in [4.78, 5) is 0. The van der Waals surface area contributed by atoms with Crippen molar-refractivity contribution in [1.82, 2.24) is 0 Å². The van der Waals surface area contributed by atoms with Crippen LogP contribution in [0.25, 0.3) is 0 Å². The monoisotopic (exact) mass is 268 g/mol. The van der Waals surface area contributed by atoms with Crippen molar-refractivity contribution in [2.24, 2.45) is 5.92 Å². The van der Waals surface area contributed by atoms with Crippen molar-refractivity contribution in [3.63, 3.8) is 0 Å². The van der Waals surface area contributed by atoms with E-state index in [0.717, 1.165) is 23.0 Å². The summed E-state index contributed by atoms with van der Waals surface area (Å²) in [5, 5.41) is 18.6. The van der Waals surface area contributed by atoms with Gasteiger partial charge in [0.15, 0.2) is 0 Å². The van der Waals surface area contributed by atoms with Gasteiger partial charge < -0.3 is 14.8 Å². The molecule has 0 bridgehead atoms. The van der Waals surface area contributed by atoms with Gasteiger partial charge in [-0.3, -0.25) is 0 Å². The minimum Gasteiger partial charge on any atom is -0.497 e. The largest absolute Gasteiger partial charge is 0.497 e. The normalized spacial score (nSPS) is 12.3. The first kappa shape index (κ1) is 15.4. The van der Waals surface area contributed by atoms with E-state index in [1.165, 1.54) is 13.5 Å². The van der Waals surface area contributed by atoms with Gasteiger partial charge in [0.2, 0.25) is 0 Å². The second-order valence-corrected chi connectivity index (χ2v) is 5.51.